The molecule has 0 heterocycles. The Hall–Kier alpha value is -1.66. The lowest BCUT2D eigenvalue weighted by molar-refractivity contribution is -0.139. The van der Waals surface area contributed by atoms with Crippen LogP contribution in [0.5, 0.6) is 0 Å². The Morgan fingerprint density at radius 1 is 1.26 bits per heavy atom. The molecule has 0 bridgehead atoms. The minimum Gasteiger partial charge on any atom is -0.481 e. The summed E-state index contributed by atoms with van der Waals surface area (Å²) in [6, 6.07) is 10.0. The molecule has 0 radical (unpaired) electrons. The molecule has 1 aromatic rings. The highest BCUT2D eigenvalue weighted by molar-refractivity contribution is 6.71. The Morgan fingerprint density at radius 2 is 1.91 bits per heavy atom. The molecule has 0 aliphatic rings. The summed E-state index contributed by atoms with van der Waals surface area (Å²) in [5.41, 5.74) is 0.733. The van der Waals surface area contributed by atoms with Gasteiger partial charge in [-0.3, -0.25) is 9.59 Å². The second-order valence-corrected chi connectivity index (χ2v) is 10.5. The first-order chi connectivity index (χ1) is 10.9. The normalized spacial score (nSPS) is 12.7. The maximum atomic E-state index is 12.3. The Labute approximate surface area is 139 Å². The van der Waals surface area contributed by atoms with E-state index in [1.54, 1.807) is 12.1 Å². The Morgan fingerprint density at radius 3 is 2.48 bits per heavy atom. The van der Waals surface area contributed by atoms with Crippen molar-refractivity contribution in [3.05, 3.63) is 35.9 Å². The highest BCUT2D eigenvalue weighted by atomic mass is 28.4. The topological polar surface area (TPSA) is 75.6 Å². The SMILES string of the molecule is CCO[Si](C)(C)CCCNC(=O)C(CC(=O)O)c1ccccc1. The Balaban J connectivity index is 2.53. The summed E-state index contributed by atoms with van der Waals surface area (Å²) in [5, 5.41) is 11.9. The van der Waals surface area contributed by atoms with Gasteiger partial charge in [0.1, 0.15) is 0 Å². The fourth-order valence-corrected chi connectivity index (χ4v) is 4.49. The lowest BCUT2D eigenvalue weighted by atomic mass is 9.95. The van der Waals surface area contributed by atoms with Crippen molar-refractivity contribution in [2.75, 3.05) is 13.2 Å². The fraction of sp³-hybridized carbons (Fsp3) is 0.529. The van der Waals surface area contributed by atoms with Crippen LogP contribution >= 0.6 is 0 Å². The van der Waals surface area contributed by atoms with E-state index in [4.69, 9.17) is 9.53 Å². The first-order valence-electron chi connectivity index (χ1n) is 8.04. The average Bonchev–Trinajstić information content (AvgIpc) is 2.49. The Kier molecular flexibility index (Phi) is 7.98. The quantitative estimate of drug-likeness (QED) is 0.508. The number of hydrogen-bond acceptors (Lipinski definition) is 3. The van der Waals surface area contributed by atoms with Gasteiger partial charge in [0, 0.05) is 13.2 Å². The molecule has 0 fully saturated rings. The molecule has 1 amide bonds. The Bertz CT molecular complexity index is 505. The molecule has 0 aliphatic carbocycles. The third kappa shape index (κ3) is 7.43. The molecule has 0 saturated carbocycles. The number of carboxylic acids is 1. The molecule has 1 atom stereocenters. The number of benzene rings is 1. The molecular formula is C17H27NO4Si. The summed E-state index contributed by atoms with van der Waals surface area (Å²) in [4.78, 5) is 23.4. The predicted octanol–water partition coefficient (Wildman–Crippen LogP) is 2.99. The van der Waals surface area contributed by atoms with Crippen LogP contribution < -0.4 is 5.32 Å². The van der Waals surface area contributed by atoms with Crippen molar-refractivity contribution in [1.29, 1.82) is 0 Å². The van der Waals surface area contributed by atoms with Gasteiger partial charge in [-0.15, -0.1) is 0 Å². The third-order valence-electron chi connectivity index (χ3n) is 3.69. The smallest absolute Gasteiger partial charge is 0.304 e. The van der Waals surface area contributed by atoms with Crippen LogP contribution in [0.25, 0.3) is 0 Å². The zero-order valence-corrected chi connectivity index (χ0v) is 15.2. The van der Waals surface area contributed by atoms with Crippen molar-refractivity contribution >= 4 is 20.2 Å². The van der Waals surface area contributed by atoms with Gasteiger partial charge in [0.05, 0.1) is 12.3 Å². The van der Waals surface area contributed by atoms with Crippen molar-refractivity contribution < 1.29 is 19.1 Å². The summed E-state index contributed by atoms with van der Waals surface area (Å²) in [6.07, 6.45) is 0.647. The highest BCUT2D eigenvalue weighted by Gasteiger charge is 2.24. The summed E-state index contributed by atoms with van der Waals surface area (Å²) < 4.78 is 5.75. The molecule has 6 heteroatoms. The average molecular weight is 337 g/mol. The number of carbonyl (C=O) groups is 2. The molecule has 5 nitrogen and oxygen atoms in total. The number of rotatable bonds is 10. The zero-order chi connectivity index (χ0) is 17.3. The van der Waals surface area contributed by atoms with Crippen LogP contribution in [0, 0.1) is 0 Å². The van der Waals surface area contributed by atoms with Gasteiger partial charge in [-0.2, -0.15) is 0 Å². The first kappa shape index (κ1) is 19.4. The first-order valence-corrected chi connectivity index (χ1v) is 11.2. The number of carbonyl (C=O) groups excluding carboxylic acids is 1. The van der Waals surface area contributed by atoms with Gasteiger partial charge in [-0.05, 0) is 38.0 Å². The molecule has 1 unspecified atom stereocenters. The maximum Gasteiger partial charge on any atom is 0.304 e. The molecule has 0 aliphatic heterocycles. The van der Waals surface area contributed by atoms with E-state index in [1.165, 1.54) is 0 Å². The van der Waals surface area contributed by atoms with E-state index < -0.39 is 20.2 Å². The van der Waals surface area contributed by atoms with Crippen LogP contribution in [-0.4, -0.2) is 38.5 Å². The van der Waals surface area contributed by atoms with Crippen LogP contribution in [0.1, 0.15) is 31.2 Å². The van der Waals surface area contributed by atoms with E-state index in [2.05, 4.69) is 18.4 Å². The molecule has 1 aromatic carbocycles. The lowest BCUT2D eigenvalue weighted by Crippen LogP contribution is -2.34. The van der Waals surface area contributed by atoms with Crippen LogP contribution in [0.3, 0.4) is 0 Å². The van der Waals surface area contributed by atoms with Gasteiger partial charge in [-0.25, -0.2) is 0 Å². The van der Waals surface area contributed by atoms with Gasteiger partial charge >= 0.3 is 5.97 Å². The van der Waals surface area contributed by atoms with Crippen LogP contribution in [0.4, 0.5) is 0 Å². The van der Waals surface area contributed by atoms with E-state index in [-0.39, 0.29) is 12.3 Å². The summed E-state index contributed by atoms with van der Waals surface area (Å²) >= 11 is 0. The summed E-state index contributed by atoms with van der Waals surface area (Å²) in [7, 11) is -1.64. The van der Waals surface area contributed by atoms with Crippen molar-refractivity contribution in [2.24, 2.45) is 0 Å². The monoisotopic (exact) mass is 337 g/mol. The number of nitrogens with one attached hydrogen (secondary N) is 1. The zero-order valence-electron chi connectivity index (χ0n) is 14.2. The van der Waals surface area contributed by atoms with Crippen LogP contribution in [0.15, 0.2) is 30.3 Å². The minimum absolute atomic E-state index is 0.199. The molecule has 1 rings (SSSR count). The van der Waals surface area contributed by atoms with Crippen LogP contribution in [0.2, 0.25) is 19.1 Å². The fourth-order valence-electron chi connectivity index (χ4n) is 2.53. The van der Waals surface area contributed by atoms with Gasteiger partial charge in [0.15, 0.2) is 8.32 Å². The minimum atomic E-state index is -1.64. The molecule has 128 valence electrons. The van der Waals surface area contributed by atoms with E-state index in [0.717, 1.165) is 24.6 Å². The van der Waals surface area contributed by atoms with Crippen LogP contribution in [-0.2, 0) is 14.0 Å². The standard InChI is InChI=1S/C17H27NO4Si/c1-4-22-23(2,3)12-8-11-18-17(21)15(13-16(19)20)14-9-6-5-7-10-14/h5-7,9-10,15H,4,8,11-13H2,1-3H3,(H,18,21)(H,19,20). The molecular weight excluding hydrogens is 310 g/mol. The van der Waals surface area contributed by atoms with Gasteiger partial charge in [0.2, 0.25) is 5.91 Å². The number of hydrogen-bond donors (Lipinski definition) is 2. The van der Waals surface area contributed by atoms with Gasteiger partial charge in [-0.1, -0.05) is 30.3 Å². The predicted molar refractivity (Wildman–Crippen MR) is 93.0 cm³/mol. The number of carboxylic acid groups (broad SMARTS) is 1. The molecule has 23 heavy (non-hydrogen) atoms. The molecule has 0 aromatic heterocycles. The third-order valence-corrected chi connectivity index (χ3v) is 6.31. The summed E-state index contributed by atoms with van der Waals surface area (Å²) in [5.74, 6) is -1.85. The summed E-state index contributed by atoms with van der Waals surface area (Å²) in [6.45, 7) is 7.59. The maximum absolute atomic E-state index is 12.3. The van der Waals surface area contributed by atoms with E-state index in [1.807, 2.05) is 25.1 Å². The largest absolute Gasteiger partial charge is 0.481 e. The van der Waals surface area contributed by atoms with E-state index >= 15 is 0 Å². The second kappa shape index (κ2) is 9.47. The highest BCUT2D eigenvalue weighted by Crippen LogP contribution is 2.20. The van der Waals surface area contributed by atoms with E-state index in [9.17, 15) is 9.59 Å². The lowest BCUT2D eigenvalue weighted by Gasteiger charge is -2.22. The van der Waals surface area contributed by atoms with Crippen molar-refractivity contribution in [2.45, 2.75) is 44.8 Å². The number of amides is 1. The van der Waals surface area contributed by atoms with Crippen molar-refractivity contribution in [1.82, 2.24) is 5.32 Å². The van der Waals surface area contributed by atoms with Gasteiger partial charge in [0.25, 0.3) is 0 Å². The second-order valence-electron chi connectivity index (χ2n) is 6.15. The van der Waals surface area contributed by atoms with E-state index in [0.29, 0.717) is 6.54 Å². The molecule has 0 spiro atoms. The molecule has 2 N–H and O–H groups in total. The van der Waals surface area contributed by atoms with Crippen molar-refractivity contribution in [3.8, 4) is 0 Å². The number of aliphatic carboxylic acids is 1. The van der Waals surface area contributed by atoms with Gasteiger partial charge < -0.3 is 14.8 Å². The molecule has 0 saturated heterocycles. The van der Waals surface area contributed by atoms with Crippen molar-refractivity contribution in [3.63, 3.8) is 0 Å².